The van der Waals surface area contributed by atoms with Gasteiger partial charge in [-0.2, -0.15) is 0 Å². The zero-order valence-electron chi connectivity index (χ0n) is 17.1. The van der Waals surface area contributed by atoms with E-state index in [1.807, 2.05) is 20.8 Å². The third-order valence-electron chi connectivity index (χ3n) is 4.41. The molecule has 1 N–H and O–H groups in total. The second kappa shape index (κ2) is 10.5. The number of carbonyl (C=O) groups excluding carboxylic acids is 2. The van der Waals surface area contributed by atoms with Crippen molar-refractivity contribution in [3.05, 3.63) is 57.0 Å². The molecular weight excluding hydrogens is 432 g/mol. The molecule has 2 aromatic rings. The normalized spacial score (nSPS) is 11.7. The molecule has 0 aromatic carbocycles. The minimum absolute atomic E-state index is 0.0605. The fraction of sp³-hybridized carbons (Fsp3) is 0.381. The Morgan fingerprint density at radius 3 is 2.63 bits per heavy atom. The van der Waals surface area contributed by atoms with Gasteiger partial charge in [-0.05, 0) is 49.4 Å². The molecular formula is C21H22Cl2FN3O3. The first-order valence-corrected chi connectivity index (χ1v) is 10.1. The summed E-state index contributed by atoms with van der Waals surface area (Å²) in [7, 11) is 0. The van der Waals surface area contributed by atoms with Crippen LogP contribution in [0.15, 0.2) is 24.0 Å². The topological polar surface area (TPSA) is 81.2 Å². The standard InChI is InChI=1S/C21H22Cl2FN3O3/c1-5-30-21(29)14(8-13-9-15(24)20(23)27-19(13)22)16(10-28)26-18-12(4)6-7-25-17(18)11(2)3/h6-7,9,11,14,26H,5,8H2,1-4H3. The Kier molecular flexibility index (Phi) is 8.35. The van der Waals surface area contributed by atoms with Gasteiger partial charge >= 0.3 is 5.97 Å². The molecule has 0 saturated carbocycles. The summed E-state index contributed by atoms with van der Waals surface area (Å²) in [4.78, 5) is 32.6. The minimum atomic E-state index is -1.11. The van der Waals surface area contributed by atoms with Gasteiger partial charge in [0, 0.05) is 6.20 Å². The third-order valence-corrected chi connectivity index (χ3v) is 5.00. The monoisotopic (exact) mass is 453 g/mol. The van der Waals surface area contributed by atoms with Gasteiger partial charge in [0.15, 0.2) is 11.0 Å². The molecule has 30 heavy (non-hydrogen) atoms. The van der Waals surface area contributed by atoms with E-state index in [-0.39, 0.29) is 40.5 Å². The van der Waals surface area contributed by atoms with E-state index < -0.39 is 17.7 Å². The summed E-state index contributed by atoms with van der Waals surface area (Å²) in [6.07, 6.45) is 1.54. The molecule has 0 aliphatic carbocycles. The molecule has 0 fully saturated rings. The zero-order valence-corrected chi connectivity index (χ0v) is 18.6. The smallest absolute Gasteiger partial charge is 0.316 e. The number of carbonyl (C=O) groups is 1. The van der Waals surface area contributed by atoms with Gasteiger partial charge < -0.3 is 10.1 Å². The molecule has 2 aromatic heterocycles. The van der Waals surface area contributed by atoms with E-state index in [1.165, 1.54) is 0 Å². The number of aromatic nitrogens is 2. The lowest BCUT2D eigenvalue weighted by Gasteiger charge is -2.21. The van der Waals surface area contributed by atoms with Crippen molar-refractivity contribution >= 4 is 40.8 Å². The van der Waals surface area contributed by atoms with Crippen molar-refractivity contribution in [3.8, 4) is 0 Å². The van der Waals surface area contributed by atoms with Crippen LogP contribution >= 0.6 is 23.2 Å². The number of pyridine rings is 2. The molecule has 2 rings (SSSR count). The Morgan fingerprint density at radius 2 is 2.03 bits per heavy atom. The van der Waals surface area contributed by atoms with Crippen LogP contribution < -0.4 is 5.32 Å². The molecule has 2 heterocycles. The second-order valence-electron chi connectivity index (χ2n) is 6.90. The quantitative estimate of drug-likeness (QED) is 0.347. The summed E-state index contributed by atoms with van der Waals surface area (Å²) in [6.45, 7) is 7.52. The molecule has 0 spiro atoms. The molecule has 1 atom stereocenters. The van der Waals surface area contributed by atoms with E-state index in [2.05, 4.69) is 15.3 Å². The van der Waals surface area contributed by atoms with E-state index in [4.69, 9.17) is 27.9 Å². The summed E-state index contributed by atoms with van der Waals surface area (Å²) in [5.74, 6) is -0.718. The summed E-state index contributed by atoms with van der Waals surface area (Å²) in [5, 5.41) is 2.55. The Balaban J connectivity index is 2.47. The average molecular weight is 454 g/mol. The number of ether oxygens (including phenoxy) is 1. The maximum Gasteiger partial charge on any atom is 0.316 e. The Hall–Kier alpha value is -2.47. The number of aryl methyl sites for hydroxylation is 1. The highest BCUT2D eigenvalue weighted by molar-refractivity contribution is 6.33. The highest BCUT2D eigenvalue weighted by Crippen LogP contribution is 2.30. The van der Waals surface area contributed by atoms with Crippen molar-refractivity contribution in [1.82, 2.24) is 9.97 Å². The molecule has 6 nitrogen and oxygen atoms in total. The van der Waals surface area contributed by atoms with Crippen molar-refractivity contribution in [2.24, 2.45) is 5.92 Å². The van der Waals surface area contributed by atoms with E-state index in [0.29, 0.717) is 5.69 Å². The molecule has 1 unspecified atom stereocenters. The number of hydrogen-bond donors (Lipinski definition) is 1. The number of nitrogens with zero attached hydrogens (tertiary/aromatic N) is 2. The van der Waals surface area contributed by atoms with E-state index in [9.17, 15) is 14.0 Å². The van der Waals surface area contributed by atoms with Crippen LogP contribution in [0.4, 0.5) is 10.1 Å². The maximum atomic E-state index is 13.9. The molecule has 0 aliphatic rings. The highest BCUT2D eigenvalue weighted by Gasteiger charge is 2.29. The van der Waals surface area contributed by atoms with Crippen LogP contribution in [-0.2, 0) is 20.7 Å². The Morgan fingerprint density at radius 1 is 1.33 bits per heavy atom. The van der Waals surface area contributed by atoms with Crippen LogP contribution in [0, 0.1) is 18.7 Å². The van der Waals surface area contributed by atoms with Crippen molar-refractivity contribution in [2.45, 2.75) is 40.0 Å². The summed E-state index contributed by atoms with van der Waals surface area (Å²) in [5.41, 5.74) is 2.30. The van der Waals surface area contributed by atoms with Crippen molar-refractivity contribution in [2.75, 3.05) is 11.9 Å². The Labute approximate surface area is 184 Å². The number of rotatable bonds is 8. The van der Waals surface area contributed by atoms with Gasteiger partial charge in [-0.25, -0.2) is 14.2 Å². The minimum Gasteiger partial charge on any atom is -0.465 e. The lowest BCUT2D eigenvalue weighted by molar-refractivity contribution is -0.146. The molecule has 160 valence electrons. The van der Waals surface area contributed by atoms with E-state index >= 15 is 0 Å². The maximum absolute atomic E-state index is 13.9. The first-order valence-electron chi connectivity index (χ1n) is 9.34. The first kappa shape index (κ1) is 23.8. The number of esters is 1. The number of halogens is 3. The average Bonchev–Trinajstić information content (AvgIpc) is 2.69. The molecule has 0 radical (unpaired) electrons. The van der Waals surface area contributed by atoms with Gasteiger partial charge in [-0.1, -0.05) is 37.0 Å². The van der Waals surface area contributed by atoms with Gasteiger partial charge in [0.25, 0.3) is 0 Å². The van der Waals surface area contributed by atoms with E-state index in [1.54, 1.807) is 25.1 Å². The van der Waals surface area contributed by atoms with Crippen molar-refractivity contribution < 1.29 is 18.7 Å². The summed E-state index contributed by atoms with van der Waals surface area (Å²) in [6, 6.07) is 2.87. The lowest BCUT2D eigenvalue weighted by Crippen LogP contribution is -2.27. The molecule has 0 amide bonds. The number of nitrogens with one attached hydrogen (secondary N) is 1. The number of hydrogen-bond acceptors (Lipinski definition) is 6. The van der Waals surface area contributed by atoms with Crippen LogP contribution in [0.1, 0.15) is 43.5 Å². The third kappa shape index (κ3) is 5.57. The van der Waals surface area contributed by atoms with Gasteiger partial charge in [-0.3, -0.25) is 9.78 Å². The fourth-order valence-electron chi connectivity index (χ4n) is 2.89. The highest BCUT2D eigenvalue weighted by atomic mass is 35.5. The van der Waals surface area contributed by atoms with Gasteiger partial charge in [-0.15, -0.1) is 0 Å². The summed E-state index contributed by atoms with van der Waals surface area (Å²) < 4.78 is 19.0. The fourth-order valence-corrected chi connectivity index (χ4v) is 3.29. The SMILES string of the molecule is CCOC(=O)C(Cc1cc(F)c(Cl)nc1Cl)C(=C=O)Nc1c(C)ccnc1C(C)C. The zero-order chi connectivity index (χ0) is 22.4. The van der Waals surface area contributed by atoms with Crippen LogP contribution in [0.3, 0.4) is 0 Å². The summed E-state index contributed by atoms with van der Waals surface area (Å²) >= 11 is 11.7. The molecule has 0 saturated heterocycles. The van der Waals surface area contributed by atoms with Crippen molar-refractivity contribution in [3.63, 3.8) is 0 Å². The Bertz CT molecular complexity index is 992. The van der Waals surface area contributed by atoms with Crippen LogP contribution in [0.2, 0.25) is 10.3 Å². The van der Waals surface area contributed by atoms with Crippen LogP contribution in [0.25, 0.3) is 0 Å². The lowest BCUT2D eigenvalue weighted by atomic mass is 9.96. The van der Waals surface area contributed by atoms with Crippen LogP contribution in [0.5, 0.6) is 0 Å². The van der Waals surface area contributed by atoms with Gasteiger partial charge in [0.05, 0.1) is 18.0 Å². The van der Waals surface area contributed by atoms with Gasteiger partial charge in [0.1, 0.15) is 22.7 Å². The first-order chi connectivity index (χ1) is 14.2. The van der Waals surface area contributed by atoms with Crippen LogP contribution in [-0.4, -0.2) is 28.5 Å². The molecule has 0 aliphatic heterocycles. The number of anilines is 1. The predicted octanol–water partition coefficient (Wildman–Crippen LogP) is 4.90. The van der Waals surface area contributed by atoms with E-state index in [0.717, 1.165) is 17.3 Å². The van der Waals surface area contributed by atoms with Crippen molar-refractivity contribution in [1.29, 1.82) is 0 Å². The largest absolute Gasteiger partial charge is 0.465 e. The predicted molar refractivity (Wildman–Crippen MR) is 114 cm³/mol. The molecule has 0 bridgehead atoms. The second-order valence-corrected chi connectivity index (χ2v) is 7.62. The van der Waals surface area contributed by atoms with Gasteiger partial charge in [0.2, 0.25) is 0 Å². The molecule has 9 heteroatoms.